The highest BCUT2D eigenvalue weighted by molar-refractivity contribution is 7.98. The SMILES string of the molecule is CCCNCC(CCSC)Cc1ccc(Cl)cc1. The first-order valence-electron chi connectivity index (χ1n) is 6.70. The van der Waals surface area contributed by atoms with E-state index in [1.54, 1.807) is 0 Å². The predicted octanol–water partition coefficient (Wildman–Crippen LogP) is 4.25. The van der Waals surface area contributed by atoms with Gasteiger partial charge < -0.3 is 5.32 Å². The second-order valence-corrected chi connectivity index (χ2v) is 6.10. The molecule has 102 valence electrons. The number of nitrogens with one attached hydrogen (secondary N) is 1. The van der Waals surface area contributed by atoms with Crippen LogP contribution in [0.5, 0.6) is 0 Å². The molecule has 0 spiro atoms. The van der Waals surface area contributed by atoms with Crippen LogP contribution in [0.15, 0.2) is 24.3 Å². The molecule has 0 fully saturated rings. The van der Waals surface area contributed by atoms with Crippen LogP contribution in [-0.4, -0.2) is 25.1 Å². The zero-order chi connectivity index (χ0) is 13.2. The molecule has 0 heterocycles. The topological polar surface area (TPSA) is 12.0 Å². The zero-order valence-corrected chi connectivity index (χ0v) is 13.0. The fourth-order valence-corrected chi connectivity index (χ4v) is 2.69. The molecular weight excluding hydrogens is 262 g/mol. The molecule has 1 nitrogen and oxygen atoms in total. The zero-order valence-electron chi connectivity index (χ0n) is 11.4. The van der Waals surface area contributed by atoms with Crippen molar-refractivity contribution < 1.29 is 0 Å². The summed E-state index contributed by atoms with van der Waals surface area (Å²) in [4.78, 5) is 0. The summed E-state index contributed by atoms with van der Waals surface area (Å²) in [6, 6.07) is 8.27. The summed E-state index contributed by atoms with van der Waals surface area (Å²) in [7, 11) is 0. The Morgan fingerprint density at radius 3 is 2.61 bits per heavy atom. The van der Waals surface area contributed by atoms with E-state index in [-0.39, 0.29) is 0 Å². The van der Waals surface area contributed by atoms with Crippen molar-refractivity contribution in [1.82, 2.24) is 5.32 Å². The van der Waals surface area contributed by atoms with Crippen molar-refractivity contribution in [3.8, 4) is 0 Å². The Morgan fingerprint density at radius 2 is 2.00 bits per heavy atom. The summed E-state index contributed by atoms with van der Waals surface area (Å²) in [6.07, 6.45) is 5.81. The van der Waals surface area contributed by atoms with Gasteiger partial charge >= 0.3 is 0 Å². The molecule has 3 heteroatoms. The lowest BCUT2D eigenvalue weighted by molar-refractivity contribution is 0.463. The van der Waals surface area contributed by atoms with Gasteiger partial charge in [0.1, 0.15) is 0 Å². The minimum Gasteiger partial charge on any atom is -0.316 e. The van der Waals surface area contributed by atoms with Gasteiger partial charge in [-0.15, -0.1) is 0 Å². The maximum absolute atomic E-state index is 5.92. The molecule has 0 saturated heterocycles. The Balaban J connectivity index is 2.45. The molecule has 0 saturated carbocycles. The van der Waals surface area contributed by atoms with Crippen molar-refractivity contribution in [2.75, 3.05) is 25.1 Å². The van der Waals surface area contributed by atoms with Crippen molar-refractivity contribution in [1.29, 1.82) is 0 Å². The number of halogens is 1. The molecule has 1 N–H and O–H groups in total. The lowest BCUT2D eigenvalue weighted by atomic mass is 9.97. The normalized spacial score (nSPS) is 12.6. The maximum Gasteiger partial charge on any atom is 0.0406 e. The molecule has 0 aliphatic carbocycles. The van der Waals surface area contributed by atoms with E-state index in [9.17, 15) is 0 Å². The quantitative estimate of drug-likeness (QED) is 0.681. The van der Waals surface area contributed by atoms with Crippen molar-refractivity contribution in [2.45, 2.75) is 26.2 Å². The molecule has 1 aromatic rings. The summed E-state index contributed by atoms with van der Waals surface area (Å²) >= 11 is 7.85. The van der Waals surface area contributed by atoms with Gasteiger partial charge in [-0.05, 0) is 68.0 Å². The van der Waals surface area contributed by atoms with Crippen molar-refractivity contribution in [2.24, 2.45) is 5.92 Å². The van der Waals surface area contributed by atoms with E-state index in [1.807, 2.05) is 23.9 Å². The fraction of sp³-hybridized carbons (Fsp3) is 0.600. The molecule has 0 aromatic heterocycles. The highest BCUT2D eigenvalue weighted by Crippen LogP contribution is 2.16. The molecule has 0 aliphatic rings. The maximum atomic E-state index is 5.92. The minimum atomic E-state index is 0.727. The largest absolute Gasteiger partial charge is 0.316 e. The predicted molar refractivity (Wildman–Crippen MR) is 84.8 cm³/mol. The van der Waals surface area contributed by atoms with Gasteiger partial charge in [-0.1, -0.05) is 30.7 Å². The van der Waals surface area contributed by atoms with E-state index in [1.165, 1.54) is 24.2 Å². The van der Waals surface area contributed by atoms with Crippen LogP contribution in [0.1, 0.15) is 25.3 Å². The number of thioether (sulfide) groups is 1. The van der Waals surface area contributed by atoms with E-state index in [0.29, 0.717) is 0 Å². The van der Waals surface area contributed by atoms with Gasteiger partial charge in [0.15, 0.2) is 0 Å². The van der Waals surface area contributed by atoms with Gasteiger partial charge in [0.2, 0.25) is 0 Å². The molecule has 0 aliphatic heterocycles. The van der Waals surface area contributed by atoms with Gasteiger partial charge in [-0.2, -0.15) is 11.8 Å². The Labute approximate surface area is 121 Å². The van der Waals surface area contributed by atoms with E-state index in [2.05, 4.69) is 30.6 Å². The number of benzene rings is 1. The molecule has 1 aromatic carbocycles. The van der Waals surface area contributed by atoms with Crippen LogP contribution in [0.2, 0.25) is 5.02 Å². The van der Waals surface area contributed by atoms with Gasteiger partial charge in [0, 0.05) is 5.02 Å². The molecule has 1 unspecified atom stereocenters. The third-order valence-electron chi connectivity index (χ3n) is 3.03. The smallest absolute Gasteiger partial charge is 0.0406 e. The van der Waals surface area contributed by atoms with Gasteiger partial charge in [0.25, 0.3) is 0 Å². The Kier molecular flexibility index (Phi) is 8.57. The average molecular weight is 286 g/mol. The second-order valence-electron chi connectivity index (χ2n) is 4.68. The van der Waals surface area contributed by atoms with Gasteiger partial charge in [-0.25, -0.2) is 0 Å². The molecule has 0 bridgehead atoms. The van der Waals surface area contributed by atoms with E-state index in [0.717, 1.165) is 30.5 Å². The van der Waals surface area contributed by atoms with Gasteiger partial charge in [-0.3, -0.25) is 0 Å². The van der Waals surface area contributed by atoms with Crippen LogP contribution < -0.4 is 5.32 Å². The first-order valence-corrected chi connectivity index (χ1v) is 8.47. The fourth-order valence-electron chi connectivity index (χ4n) is 2.00. The molecule has 18 heavy (non-hydrogen) atoms. The summed E-state index contributed by atoms with van der Waals surface area (Å²) < 4.78 is 0. The van der Waals surface area contributed by atoms with Crippen LogP contribution in [0.3, 0.4) is 0 Å². The number of hydrogen-bond acceptors (Lipinski definition) is 2. The third-order valence-corrected chi connectivity index (χ3v) is 3.92. The van der Waals surface area contributed by atoms with Crippen molar-refractivity contribution in [3.63, 3.8) is 0 Å². The first kappa shape index (κ1) is 15.9. The minimum absolute atomic E-state index is 0.727. The standard InChI is InChI=1S/C15H24ClNS/c1-3-9-17-12-14(8-10-18-2)11-13-4-6-15(16)7-5-13/h4-7,14,17H,3,8-12H2,1-2H3. The lowest BCUT2D eigenvalue weighted by Gasteiger charge is -2.17. The van der Waals surface area contributed by atoms with Crippen LogP contribution in [-0.2, 0) is 6.42 Å². The van der Waals surface area contributed by atoms with Crippen molar-refractivity contribution >= 4 is 23.4 Å². The molecule has 1 rings (SSSR count). The van der Waals surface area contributed by atoms with Crippen LogP contribution in [0, 0.1) is 5.92 Å². The monoisotopic (exact) mass is 285 g/mol. The van der Waals surface area contributed by atoms with Crippen LogP contribution in [0.25, 0.3) is 0 Å². The summed E-state index contributed by atoms with van der Waals surface area (Å²) in [6.45, 7) is 4.45. The Hall–Kier alpha value is -0.180. The molecule has 0 amide bonds. The summed E-state index contributed by atoms with van der Waals surface area (Å²) in [5.41, 5.74) is 1.39. The molecule has 1 atom stereocenters. The highest BCUT2D eigenvalue weighted by Gasteiger charge is 2.09. The Morgan fingerprint density at radius 1 is 1.28 bits per heavy atom. The highest BCUT2D eigenvalue weighted by atomic mass is 35.5. The first-order chi connectivity index (χ1) is 8.76. The van der Waals surface area contributed by atoms with E-state index >= 15 is 0 Å². The van der Waals surface area contributed by atoms with E-state index < -0.39 is 0 Å². The summed E-state index contributed by atoms with van der Waals surface area (Å²) in [5, 5.41) is 4.36. The lowest BCUT2D eigenvalue weighted by Crippen LogP contribution is -2.25. The second kappa shape index (κ2) is 9.71. The van der Waals surface area contributed by atoms with Crippen LogP contribution in [0.4, 0.5) is 0 Å². The molecule has 0 radical (unpaired) electrons. The average Bonchev–Trinajstić information content (AvgIpc) is 2.38. The van der Waals surface area contributed by atoms with Crippen LogP contribution >= 0.6 is 23.4 Å². The third kappa shape index (κ3) is 6.67. The van der Waals surface area contributed by atoms with E-state index in [4.69, 9.17) is 11.6 Å². The van der Waals surface area contributed by atoms with Crippen molar-refractivity contribution in [3.05, 3.63) is 34.9 Å². The molecular formula is C15H24ClNS. The number of rotatable bonds is 9. The Bertz CT molecular complexity index is 313. The van der Waals surface area contributed by atoms with Gasteiger partial charge in [0.05, 0.1) is 0 Å². The number of hydrogen-bond donors (Lipinski definition) is 1. The summed E-state index contributed by atoms with van der Waals surface area (Å²) in [5.74, 6) is 1.97.